The fourth-order valence-corrected chi connectivity index (χ4v) is 2.47. The minimum absolute atomic E-state index is 0.181. The second-order valence-electron chi connectivity index (χ2n) is 4.44. The topological polar surface area (TPSA) is 41.6 Å². The second-order valence-corrected chi connectivity index (χ2v) is 4.83. The second kappa shape index (κ2) is 6.52. The van der Waals surface area contributed by atoms with Crippen molar-refractivity contribution in [1.82, 2.24) is 5.32 Å². The van der Waals surface area contributed by atoms with Crippen molar-refractivity contribution in [2.75, 3.05) is 25.1 Å². The molecular formula is C14H18N2O2S. The van der Waals surface area contributed by atoms with E-state index < -0.39 is 0 Å². The van der Waals surface area contributed by atoms with Gasteiger partial charge in [-0.15, -0.1) is 0 Å². The van der Waals surface area contributed by atoms with E-state index in [9.17, 15) is 4.79 Å². The highest BCUT2D eigenvalue weighted by atomic mass is 32.1. The third kappa shape index (κ3) is 3.44. The van der Waals surface area contributed by atoms with Crippen LogP contribution in [0.3, 0.4) is 0 Å². The van der Waals surface area contributed by atoms with Crippen molar-refractivity contribution in [3.63, 3.8) is 0 Å². The number of rotatable bonds is 4. The zero-order valence-corrected chi connectivity index (χ0v) is 11.8. The van der Waals surface area contributed by atoms with E-state index in [1.54, 1.807) is 0 Å². The van der Waals surface area contributed by atoms with Crippen molar-refractivity contribution in [2.45, 2.75) is 19.3 Å². The fourth-order valence-electron chi connectivity index (χ4n) is 2.17. The molecule has 0 radical (unpaired) electrons. The van der Waals surface area contributed by atoms with E-state index in [4.69, 9.17) is 12.2 Å². The molecule has 1 aliphatic heterocycles. The van der Waals surface area contributed by atoms with Gasteiger partial charge in [0.2, 0.25) is 0 Å². The van der Waals surface area contributed by atoms with Crippen LogP contribution in [0.25, 0.3) is 0 Å². The van der Waals surface area contributed by atoms with Gasteiger partial charge in [0.1, 0.15) is 0 Å². The van der Waals surface area contributed by atoms with E-state index in [2.05, 4.69) is 33.2 Å². The van der Waals surface area contributed by atoms with Crippen molar-refractivity contribution in [3.05, 3.63) is 29.8 Å². The smallest absolute Gasteiger partial charge is 0.305 e. The zero-order valence-electron chi connectivity index (χ0n) is 11.0. The fraction of sp³-hybridized carbons (Fsp3) is 0.429. The van der Waals surface area contributed by atoms with Gasteiger partial charge >= 0.3 is 5.97 Å². The molecule has 0 fully saturated rings. The van der Waals surface area contributed by atoms with Crippen molar-refractivity contribution in [3.8, 4) is 0 Å². The molecule has 2 rings (SSSR count). The maximum absolute atomic E-state index is 11.0. The summed E-state index contributed by atoms with van der Waals surface area (Å²) in [6, 6.07) is 8.30. The molecule has 0 aromatic heterocycles. The van der Waals surface area contributed by atoms with E-state index >= 15 is 0 Å². The Morgan fingerprint density at radius 1 is 1.47 bits per heavy atom. The molecule has 102 valence electrons. The van der Waals surface area contributed by atoms with Crippen LogP contribution in [-0.4, -0.2) is 31.3 Å². The number of carbonyl (C=O) groups excluding carboxylic acids is 1. The number of nitrogens with one attached hydrogen (secondary N) is 1. The Morgan fingerprint density at radius 2 is 2.26 bits per heavy atom. The van der Waals surface area contributed by atoms with Crippen LogP contribution in [0, 0.1) is 0 Å². The van der Waals surface area contributed by atoms with Gasteiger partial charge in [-0.25, -0.2) is 0 Å². The Labute approximate surface area is 118 Å². The SMILES string of the molecule is COC(=O)CCCNC(=S)N1CCc2ccccc21. The molecule has 1 N–H and O–H groups in total. The van der Waals surface area contributed by atoms with Crippen LogP contribution in [0.5, 0.6) is 0 Å². The first-order valence-corrected chi connectivity index (χ1v) is 6.83. The Hall–Kier alpha value is -1.62. The standard InChI is InChI=1S/C14H18N2O2S/c1-18-13(17)7-4-9-15-14(19)16-10-8-11-5-2-3-6-12(11)16/h2-3,5-6H,4,7-10H2,1H3,(H,15,19). The molecule has 0 amide bonds. The number of nitrogens with zero attached hydrogens (tertiary/aromatic N) is 1. The number of carbonyl (C=O) groups is 1. The first-order valence-electron chi connectivity index (χ1n) is 6.42. The number of hydrogen-bond acceptors (Lipinski definition) is 3. The number of para-hydroxylation sites is 1. The third-order valence-electron chi connectivity index (χ3n) is 3.19. The lowest BCUT2D eigenvalue weighted by Crippen LogP contribution is -2.39. The van der Waals surface area contributed by atoms with Gasteiger partial charge in [-0.05, 0) is 36.7 Å². The summed E-state index contributed by atoms with van der Waals surface area (Å²) < 4.78 is 4.59. The molecule has 19 heavy (non-hydrogen) atoms. The molecule has 1 aromatic rings. The van der Waals surface area contributed by atoms with Gasteiger partial charge in [0.25, 0.3) is 0 Å². The molecule has 0 unspecified atom stereocenters. The molecule has 0 saturated carbocycles. The number of fused-ring (bicyclic) bond motifs is 1. The normalized spacial score (nSPS) is 13.0. The van der Waals surface area contributed by atoms with Crippen LogP contribution < -0.4 is 10.2 Å². The highest BCUT2D eigenvalue weighted by molar-refractivity contribution is 7.80. The molecule has 1 heterocycles. The van der Waals surface area contributed by atoms with Gasteiger partial charge in [0.15, 0.2) is 5.11 Å². The van der Waals surface area contributed by atoms with E-state index in [1.807, 2.05) is 6.07 Å². The summed E-state index contributed by atoms with van der Waals surface area (Å²) in [4.78, 5) is 13.1. The molecule has 5 heteroatoms. The summed E-state index contributed by atoms with van der Waals surface area (Å²) >= 11 is 5.40. The lowest BCUT2D eigenvalue weighted by molar-refractivity contribution is -0.140. The highest BCUT2D eigenvalue weighted by Crippen LogP contribution is 2.27. The summed E-state index contributed by atoms with van der Waals surface area (Å²) in [7, 11) is 1.40. The third-order valence-corrected chi connectivity index (χ3v) is 3.56. The average Bonchev–Trinajstić information content (AvgIpc) is 2.87. The van der Waals surface area contributed by atoms with E-state index in [0.717, 1.165) is 24.5 Å². The van der Waals surface area contributed by atoms with Crippen LogP contribution in [0.1, 0.15) is 18.4 Å². The van der Waals surface area contributed by atoms with Gasteiger partial charge in [-0.3, -0.25) is 4.79 Å². The number of hydrogen-bond donors (Lipinski definition) is 1. The van der Waals surface area contributed by atoms with Crippen molar-refractivity contribution in [1.29, 1.82) is 0 Å². The predicted octanol–water partition coefficient (Wildman–Crippen LogP) is 1.88. The Morgan fingerprint density at radius 3 is 3.05 bits per heavy atom. The summed E-state index contributed by atoms with van der Waals surface area (Å²) in [5.41, 5.74) is 2.52. The van der Waals surface area contributed by atoms with E-state index in [-0.39, 0.29) is 5.97 Å². The van der Waals surface area contributed by atoms with Crippen LogP contribution in [0.15, 0.2) is 24.3 Å². The minimum atomic E-state index is -0.181. The minimum Gasteiger partial charge on any atom is -0.469 e. The molecule has 4 nitrogen and oxygen atoms in total. The van der Waals surface area contributed by atoms with Crippen LogP contribution in [0.2, 0.25) is 0 Å². The maximum Gasteiger partial charge on any atom is 0.305 e. The van der Waals surface area contributed by atoms with Crippen LogP contribution >= 0.6 is 12.2 Å². The summed E-state index contributed by atoms with van der Waals surface area (Å²) in [5.74, 6) is -0.181. The zero-order chi connectivity index (χ0) is 13.7. The number of thiocarbonyl (C=S) groups is 1. The van der Waals surface area contributed by atoms with Crippen molar-refractivity contribution in [2.24, 2.45) is 0 Å². The lowest BCUT2D eigenvalue weighted by atomic mass is 10.2. The highest BCUT2D eigenvalue weighted by Gasteiger charge is 2.21. The predicted molar refractivity (Wildman–Crippen MR) is 79.3 cm³/mol. The summed E-state index contributed by atoms with van der Waals surface area (Å²) in [6.07, 6.45) is 2.17. The van der Waals surface area contributed by atoms with Crippen LogP contribution in [-0.2, 0) is 16.0 Å². The summed E-state index contributed by atoms with van der Waals surface area (Å²) in [6.45, 7) is 1.61. The number of benzene rings is 1. The van der Waals surface area contributed by atoms with Gasteiger partial charge < -0.3 is 15.0 Å². The number of methoxy groups -OCH3 is 1. The quantitative estimate of drug-likeness (QED) is 0.517. The number of ether oxygens (including phenoxy) is 1. The maximum atomic E-state index is 11.0. The Bertz CT molecular complexity index is 476. The molecule has 0 aliphatic carbocycles. The van der Waals surface area contributed by atoms with Crippen molar-refractivity contribution >= 4 is 29.0 Å². The molecular weight excluding hydrogens is 260 g/mol. The van der Waals surface area contributed by atoms with Gasteiger partial charge in [-0.2, -0.15) is 0 Å². The van der Waals surface area contributed by atoms with Gasteiger partial charge in [0, 0.05) is 25.2 Å². The van der Waals surface area contributed by atoms with E-state index in [1.165, 1.54) is 18.4 Å². The molecule has 1 aromatic carbocycles. The van der Waals surface area contributed by atoms with Crippen molar-refractivity contribution < 1.29 is 9.53 Å². The average molecular weight is 278 g/mol. The number of anilines is 1. The summed E-state index contributed by atoms with van der Waals surface area (Å²) in [5, 5.41) is 3.93. The first kappa shape index (κ1) is 13.8. The molecule has 0 atom stereocenters. The monoisotopic (exact) mass is 278 g/mol. The van der Waals surface area contributed by atoms with E-state index in [0.29, 0.717) is 13.0 Å². The molecule has 0 bridgehead atoms. The molecule has 0 spiro atoms. The van der Waals surface area contributed by atoms with Gasteiger partial charge in [-0.1, -0.05) is 18.2 Å². The largest absolute Gasteiger partial charge is 0.469 e. The van der Waals surface area contributed by atoms with Crippen LogP contribution in [0.4, 0.5) is 5.69 Å². The number of esters is 1. The lowest BCUT2D eigenvalue weighted by Gasteiger charge is -2.21. The first-order chi connectivity index (χ1) is 9.22. The molecule has 1 aliphatic rings. The van der Waals surface area contributed by atoms with Gasteiger partial charge in [0.05, 0.1) is 7.11 Å². The Kier molecular flexibility index (Phi) is 4.74. The Balaban J connectivity index is 1.80. The molecule has 0 saturated heterocycles.